The van der Waals surface area contributed by atoms with Gasteiger partial charge in [0.1, 0.15) is 11.6 Å². The van der Waals surface area contributed by atoms with Crippen molar-refractivity contribution in [2.24, 2.45) is 0 Å². The molecule has 2 aliphatic heterocycles. The van der Waals surface area contributed by atoms with Crippen molar-refractivity contribution in [2.75, 3.05) is 24.7 Å². The molecule has 3 aromatic rings. The summed E-state index contributed by atoms with van der Waals surface area (Å²) >= 11 is 0. The molecule has 1 fully saturated rings. The zero-order chi connectivity index (χ0) is 26.4. The fraction of sp³-hybridized carbons (Fsp3) is 0.385. The maximum atomic E-state index is 14.6. The summed E-state index contributed by atoms with van der Waals surface area (Å²) in [5.41, 5.74) is -1.03. The summed E-state index contributed by atoms with van der Waals surface area (Å²) in [6.07, 6.45) is -4.18. The lowest BCUT2D eigenvalue weighted by molar-refractivity contribution is -0.137. The van der Waals surface area contributed by atoms with Crippen LogP contribution in [-0.2, 0) is 23.9 Å². The molecule has 0 bridgehead atoms. The van der Waals surface area contributed by atoms with Crippen molar-refractivity contribution in [1.29, 1.82) is 0 Å². The standard InChI is InChI=1S/C26H25F4N3O4/c1-16-13-33-23-12-22(31-24(34)32(23)14-25(33,2)15-36-16)35-9-8-17-6-7-21(20(27)10-17)37-19-5-3-4-18(11-19)26(28,29)30/h3-7,10-12,16H,8-9,13-15H2,1-2H3/t16-,25+/m0/s1. The van der Waals surface area contributed by atoms with Gasteiger partial charge in [-0.3, -0.25) is 4.57 Å². The summed E-state index contributed by atoms with van der Waals surface area (Å²) in [5.74, 6) is -0.117. The van der Waals surface area contributed by atoms with Gasteiger partial charge < -0.3 is 19.1 Å². The second-order valence-electron chi connectivity index (χ2n) is 9.54. The molecule has 0 unspecified atom stereocenters. The van der Waals surface area contributed by atoms with E-state index < -0.39 is 23.2 Å². The number of rotatable bonds is 6. The normalized spacial score (nSPS) is 20.9. The smallest absolute Gasteiger partial charge is 0.416 e. The third-order valence-electron chi connectivity index (χ3n) is 6.54. The molecule has 11 heteroatoms. The van der Waals surface area contributed by atoms with Crippen LogP contribution >= 0.6 is 0 Å². The van der Waals surface area contributed by atoms with Gasteiger partial charge in [0.05, 0.1) is 37.0 Å². The minimum absolute atomic E-state index is 0.0303. The molecular weight excluding hydrogens is 494 g/mol. The Morgan fingerprint density at radius 2 is 2.00 bits per heavy atom. The van der Waals surface area contributed by atoms with E-state index in [1.54, 1.807) is 16.7 Å². The maximum absolute atomic E-state index is 14.6. The first-order valence-corrected chi connectivity index (χ1v) is 11.8. The number of hydrogen-bond acceptors (Lipinski definition) is 6. The molecule has 0 aliphatic carbocycles. The average Bonchev–Trinajstić information content (AvgIpc) is 3.13. The van der Waals surface area contributed by atoms with Crippen LogP contribution in [0.3, 0.4) is 0 Å². The molecule has 2 aromatic carbocycles. The molecule has 37 heavy (non-hydrogen) atoms. The van der Waals surface area contributed by atoms with Gasteiger partial charge in [-0.1, -0.05) is 12.1 Å². The maximum Gasteiger partial charge on any atom is 0.416 e. The molecule has 1 aromatic heterocycles. The van der Waals surface area contributed by atoms with Crippen LogP contribution in [0.4, 0.5) is 23.4 Å². The Morgan fingerprint density at radius 1 is 1.19 bits per heavy atom. The fourth-order valence-electron chi connectivity index (χ4n) is 4.61. The highest BCUT2D eigenvalue weighted by Crippen LogP contribution is 2.37. The van der Waals surface area contributed by atoms with Gasteiger partial charge in [0.25, 0.3) is 0 Å². The van der Waals surface area contributed by atoms with E-state index in [0.29, 0.717) is 31.7 Å². The molecular formula is C26H25F4N3O4. The Bertz CT molecular complexity index is 1380. The number of ether oxygens (including phenoxy) is 3. The van der Waals surface area contributed by atoms with E-state index in [1.165, 1.54) is 24.3 Å². The lowest BCUT2D eigenvalue weighted by atomic mass is 10.0. The molecule has 0 N–H and O–H groups in total. The minimum Gasteiger partial charge on any atom is -0.477 e. The number of benzene rings is 2. The Labute approximate surface area is 210 Å². The summed E-state index contributed by atoms with van der Waals surface area (Å²) in [6.45, 7) is 5.79. The van der Waals surface area contributed by atoms with Gasteiger partial charge in [-0.2, -0.15) is 18.2 Å². The molecule has 0 spiro atoms. The van der Waals surface area contributed by atoms with Crippen LogP contribution in [0.25, 0.3) is 0 Å². The SMILES string of the molecule is C[C@H]1CN2c3cc(OCCc4ccc(Oc5cccc(C(F)(F)F)c5)c(F)c4)nc(=O)n3C[C@]2(C)CO1. The van der Waals surface area contributed by atoms with E-state index in [0.717, 1.165) is 18.0 Å². The van der Waals surface area contributed by atoms with Crippen LogP contribution in [0, 0.1) is 5.82 Å². The number of morpholine rings is 1. The molecule has 2 atom stereocenters. The topological polar surface area (TPSA) is 65.8 Å². The van der Waals surface area contributed by atoms with E-state index in [1.807, 2.05) is 13.8 Å². The van der Waals surface area contributed by atoms with Gasteiger partial charge in [0.2, 0.25) is 5.88 Å². The van der Waals surface area contributed by atoms with Gasteiger partial charge in [-0.05, 0) is 49.7 Å². The highest BCUT2D eigenvalue weighted by atomic mass is 19.4. The minimum atomic E-state index is -4.53. The monoisotopic (exact) mass is 519 g/mol. The second kappa shape index (κ2) is 9.37. The average molecular weight is 519 g/mol. The summed E-state index contributed by atoms with van der Waals surface area (Å²) in [7, 11) is 0. The Morgan fingerprint density at radius 3 is 2.76 bits per heavy atom. The van der Waals surface area contributed by atoms with E-state index in [9.17, 15) is 22.4 Å². The van der Waals surface area contributed by atoms with Crippen molar-refractivity contribution in [3.63, 3.8) is 0 Å². The van der Waals surface area contributed by atoms with Crippen molar-refractivity contribution in [1.82, 2.24) is 9.55 Å². The number of aromatic nitrogens is 2. The molecule has 0 saturated carbocycles. The molecule has 196 valence electrons. The Kier molecular flexibility index (Phi) is 6.35. The first kappa shape index (κ1) is 25.1. The molecule has 0 amide bonds. The first-order chi connectivity index (χ1) is 17.5. The van der Waals surface area contributed by atoms with Crippen molar-refractivity contribution in [2.45, 2.75) is 44.6 Å². The van der Waals surface area contributed by atoms with E-state index in [4.69, 9.17) is 14.2 Å². The molecule has 3 heterocycles. The number of halogens is 4. The van der Waals surface area contributed by atoms with Crippen molar-refractivity contribution in [3.8, 4) is 17.4 Å². The van der Waals surface area contributed by atoms with Crippen LogP contribution in [0.5, 0.6) is 17.4 Å². The molecule has 0 radical (unpaired) electrons. The fourth-order valence-corrected chi connectivity index (χ4v) is 4.61. The van der Waals surface area contributed by atoms with Crippen LogP contribution in [0.1, 0.15) is 25.0 Å². The summed E-state index contributed by atoms with van der Waals surface area (Å²) in [6, 6.07) is 10.2. The van der Waals surface area contributed by atoms with Crippen LogP contribution in [0.15, 0.2) is 53.3 Å². The van der Waals surface area contributed by atoms with Gasteiger partial charge in [-0.15, -0.1) is 0 Å². The zero-order valence-electron chi connectivity index (χ0n) is 20.2. The summed E-state index contributed by atoms with van der Waals surface area (Å²) in [5, 5.41) is 0. The Hall–Kier alpha value is -3.60. The number of alkyl halides is 3. The molecule has 7 nitrogen and oxygen atoms in total. The van der Waals surface area contributed by atoms with Crippen LogP contribution < -0.4 is 20.1 Å². The Balaban J connectivity index is 1.23. The predicted octanol–water partition coefficient (Wildman–Crippen LogP) is 4.81. The predicted molar refractivity (Wildman–Crippen MR) is 127 cm³/mol. The van der Waals surface area contributed by atoms with Gasteiger partial charge in [0.15, 0.2) is 11.6 Å². The first-order valence-electron chi connectivity index (χ1n) is 11.8. The van der Waals surface area contributed by atoms with E-state index in [2.05, 4.69) is 9.88 Å². The van der Waals surface area contributed by atoms with E-state index >= 15 is 0 Å². The summed E-state index contributed by atoms with van der Waals surface area (Å²) in [4.78, 5) is 18.8. The highest BCUT2D eigenvalue weighted by molar-refractivity contribution is 5.50. The zero-order valence-corrected chi connectivity index (χ0v) is 20.2. The number of hydrogen-bond donors (Lipinski definition) is 0. The summed E-state index contributed by atoms with van der Waals surface area (Å²) < 4.78 is 71.7. The third kappa shape index (κ3) is 5.13. The van der Waals surface area contributed by atoms with Gasteiger partial charge in [0, 0.05) is 19.0 Å². The van der Waals surface area contributed by atoms with Crippen LogP contribution in [0.2, 0.25) is 0 Å². The molecule has 2 aliphatic rings. The van der Waals surface area contributed by atoms with E-state index in [-0.39, 0.29) is 35.6 Å². The van der Waals surface area contributed by atoms with Gasteiger partial charge in [-0.25, -0.2) is 9.18 Å². The lowest BCUT2D eigenvalue weighted by Crippen LogP contribution is -2.55. The number of nitrogens with zero attached hydrogens (tertiary/aromatic N) is 3. The number of anilines is 1. The van der Waals surface area contributed by atoms with Crippen molar-refractivity contribution < 1.29 is 31.8 Å². The quantitative estimate of drug-likeness (QED) is 0.436. The lowest BCUT2D eigenvalue weighted by Gasteiger charge is -2.42. The number of fused-ring (bicyclic) bond motifs is 3. The van der Waals surface area contributed by atoms with Crippen molar-refractivity contribution in [3.05, 3.63) is 76.0 Å². The van der Waals surface area contributed by atoms with Crippen molar-refractivity contribution >= 4 is 5.82 Å². The largest absolute Gasteiger partial charge is 0.477 e. The third-order valence-corrected chi connectivity index (χ3v) is 6.54. The molecule has 5 rings (SSSR count). The van der Waals surface area contributed by atoms with Gasteiger partial charge >= 0.3 is 11.9 Å². The molecule has 1 saturated heterocycles. The second-order valence-corrected chi connectivity index (χ2v) is 9.54. The van der Waals surface area contributed by atoms with Crippen LogP contribution in [-0.4, -0.2) is 41.0 Å². The highest BCUT2D eigenvalue weighted by Gasteiger charge is 2.45.